The van der Waals surface area contributed by atoms with Gasteiger partial charge in [-0.25, -0.2) is 10.8 Å². The molecule has 46 heavy (non-hydrogen) atoms. The van der Waals surface area contributed by atoms with Crippen molar-refractivity contribution in [2.24, 2.45) is 11.6 Å². The minimum absolute atomic E-state index is 0.132. The Balaban J connectivity index is 0.000000752. The van der Waals surface area contributed by atoms with Crippen LogP contribution in [0.3, 0.4) is 0 Å². The number of carboxylic acids is 1. The summed E-state index contributed by atoms with van der Waals surface area (Å²) >= 11 is 0. The van der Waals surface area contributed by atoms with Gasteiger partial charge in [-0.05, 0) is 72.4 Å². The Kier molecular flexibility index (Phi) is 12.8. The molecule has 2 aromatic heterocycles. The minimum Gasteiger partial charge on any atom is -0.494 e. The van der Waals surface area contributed by atoms with Crippen LogP contribution in [0.1, 0.15) is 89.7 Å². The molecule has 6 N–H and O–H groups in total. The summed E-state index contributed by atoms with van der Waals surface area (Å²) in [4.78, 5) is 18.7. The lowest BCUT2D eigenvalue weighted by atomic mass is 9.93. The van der Waals surface area contributed by atoms with Crippen LogP contribution < -0.4 is 21.2 Å². The number of anilines is 1. The number of benzene rings is 1. The molecule has 3 aliphatic heterocycles. The molecular weight excluding hydrogens is 586 g/mol. The quantitative estimate of drug-likeness (QED) is 0.289. The molecule has 12 heteroatoms. The first-order valence-electron chi connectivity index (χ1n) is 16.1. The predicted molar refractivity (Wildman–Crippen MR) is 181 cm³/mol. The van der Waals surface area contributed by atoms with Gasteiger partial charge in [0.25, 0.3) is 0 Å². The van der Waals surface area contributed by atoms with Gasteiger partial charge in [-0.3, -0.25) is 4.79 Å². The second kappa shape index (κ2) is 16.1. The normalized spacial score (nSPS) is 18.2. The first-order chi connectivity index (χ1) is 21.7. The molecule has 0 atom stereocenters. The molecule has 254 valence electrons. The van der Waals surface area contributed by atoms with Gasteiger partial charge >= 0.3 is 5.97 Å². The van der Waals surface area contributed by atoms with Crippen molar-refractivity contribution in [3.63, 3.8) is 0 Å². The Morgan fingerprint density at radius 1 is 1.11 bits per heavy atom. The van der Waals surface area contributed by atoms with Crippen molar-refractivity contribution < 1.29 is 24.5 Å². The summed E-state index contributed by atoms with van der Waals surface area (Å²) in [6.45, 7) is 16.2. The third kappa shape index (κ3) is 10.6. The monoisotopic (exact) mass is 639 g/mol. The summed E-state index contributed by atoms with van der Waals surface area (Å²) < 4.78 is 14.1. The smallest absolute Gasteiger partial charge is 0.308 e. The van der Waals surface area contributed by atoms with Crippen LogP contribution in [0.25, 0.3) is 11.3 Å². The summed E-state index contributed by atoms with van der Waals surface area (Å²) in [5.74, 6) is 6.94. The second-order valence-corrected chi connectivity index (χ2v) is 12.8. The van der Waals surface area contributed by atoms with E-state index >= 15 is 0 Å². The van der Waals surface area contributed by atoms with Gasteiger partial charge in [0.15, 0.2) is 5.65 Å². The van der Waals surface area contributed by atoms with E-state index in [4.69, 9.17) is 31.3 Å². The number of carbonyl (C=O) groups is 1. The zero-order valence-electron chi connectivity index (χ0n) is 28.5. The van der Waals surface area contributed by atoms with Gasteiger partial charge in [-0.15, -0.1) is 0 Å². The fraction of sp³-hybridized carbons (Fsp3) is 0.559. The van der Waals surface area contributed by atoms with Crippen molar-refractivity contribution in [2.45, 2.75) is 98.3 Å². The molecule has 0 amide bonds. The number of hydrazine groups is 1. The Morgan fingerprint density at radius 3 is 2.41 bits per heavy atom. The number of hydrogen-bond acceptors (Lipinski definition) is 10. The number of fused-ring (bicyclic) bond motifs is 9. The second-order valence-electron chi connectivity index (χ2n) is 12.8. The summed E-state index contributed by atoms with van der Waals surface area (Å²) in [6.07, 6.45) is 4.95. The summed E-state index contributed by atoms with van der Waals surface area (Å²) in [6, 6.07) is 9.52. The fourth-order valence-corrected chi connectivity index (χ4v) is 5.24. The summed E-state index contributed by atoms with van der Waals surface area (Å²) in [7, 11) is 0. The van der Waals surface area contributed by atoms with Crippen molar-refractivity contribution in [3.05, 3.63) is 59.0 Å². The van der Waals surface area contributed by atoms with Gasteiger partial charge in [0.1, 0.15) is 11.6 Å². The number of nitrogens with zero attached hydrogens (tertiary/aromatic N) is 5. The highest BCUT2D eigenvalue weighted by Gasteiger charge is 2.33. The van der Waals surface area contributed by atoms with Crippen molar-refractivity contribution in [2.75, 3.05) is 31.2 Å². The van der Waals surface area contributed by atoms with E-state index in [0.29, 0.717) is 48.1 Å². The average Bonchev–Trinajstić information content (AvgIpc) is 3.37. The van der Waals surface area contributed by atoms with E-state index < -0.39 is 11.6 Å². The van der Waals surface area contributed by atoms with E-state index in [1.165, 1.54) is 5.01 Å². The van der Waals surface area contributed by atoms with E-state index in [0.717, 1.165) is 55.9 Å². The van der Waals surface area contributed by atoms with Crippen molar-refractivity contribution >= 4 is 23.1 Å². The molecule has 0 saturated carbocycles. The van der Waals surface area contributed by atoms with Crippen LogP contribution in [0.4, 0.5) is 5.82 Å². The van der Waals surface area contributed by atoms with Crippen LogP contribution in [0.2, 0.25) is 0 Å². The zero-order chi connectivity index (χ0) is 34.1. The Bertz CT molecular complexity index is 1470. The molecule has 6 bridgehead atoms. The molecule has 6 rings (SSSR count). The molecule has 0 unspecified atom stereocenters. The maximum absolute atomic E-state index is 11.8. The van der Waals surface area contributed by atoms with E-state index in [1.807, 2.05) is 51.1 Å². The van der Waals surface area contributed by atoms with Crippen LogP contribution in [0.15, 0.2) is 36.5 Å². The lowest BCUT2D eigenvalue weighted by molar-refractivity contribution is -0.136. The molecule has 0 radical (unpaired) electrons. The molecule has 1 saturated heterocycles. The number of carboxylic acid groups (broad SMARTS) is 1. The molecular formula is C34H53N7O5. The van der Waals surface area contributed by atoms with Gasteiger partial charge in [0.2, 0.25) is 0 Å². The number of rotatable bonds is 2. The van der Waals surface area contributed by atoms with Crippen molar-refractivity contribution in [3.8, 4) is 5.75 Å². The van der Waals surface area contributed by atoms with E-state index in [2.05, 4.69) is 16.8 Å². The Labute approximate surface area is 273 Å². The molecule has 1 fully saturated rings. The highest BCUT2D eigenvalue weighted by molar-refractivity contribution is 5.74. The fourth-order valence-electron chi connectivity index (χ4n) is 5.24. The van der Waals surface area contributed by atoms with E-state index in [-0.39, 0.29) is 12.0 Å². The Hall–Kier alpha value is -3.87. The summed E-state index contributed by atoms with van der Waals surface area (Å²) in [5.41, 5.74) is 9.62. The third-order valence-electron chi connectivity index (χ3n) is 7.45. The molecule has 0 aliphatic carbocycles. The Morgan fingerprint density at radius 2 is 1.76 bits per heavy atom. The van der Waals surface area contributed by atoms with Crippen molar-refractivity contribution in [1.82, 2.24) is 19.6 Å². The topological polar surface area (TPSA) is 165 Å². The molecule has 1 aromatic carbocycles. The van der Waals surface area contributed by atoms with Crippen LogP contribution in [0, 0.1) is 6.92 Å². The number of aliphatic hydroxyl groups is 1. The van der Waals surface area contributed by atoms with Crippen LogP contribution >= 0.6 is 0 Å². The van der Waals surface area contributed by atoms with Gasteiger partial charge in [-0.2, -0.15) is 9.61 Å². The summed E-state index contributed by atoms with van der Waals surface area (Å²) in [5, 5.41) is 24.5. The van der Waals surface area contributed by atoms with Crippen LogP contribution in [0.5, 0.6) is 5.75 Å². The standard InChI is InChI=1S/C28H37N7O4.C4H10O.C2H6/c1-19-23(16-26(36)37)27-33-10-8-28(2,9-11-33)39-13-4-3-12-38-22-7-5-6-20(14-22)24(29)18-34(30)17-21-15-25(31-19)35(27)32-21;1-4(2,3)5;1-2/h5-7,14-15,18H,3-4,8-13,16-17,29-30H2,1-2H3,(H,36,37);5H,1-3H3;1-2H3/b24-18-;;. The lowest BCUT2D eigenvalue weighted by Gasteiger charge is -2.41. The van der Waals surface area contributed by atoms with Crippen LogP contribution in [-0.4, -0.2) is 73.3 Å². The maximum Gasteiger partial charge on any atom is 0.308 e. The molecule has 5 heterocycles. The molecule has 12 nitrogen and oxygen atoms in total. The lowest BCUT2D eigenvalue weighted by Crippen LogP contribution is -2.45. The third-order valence-corrected chi connectivity index (χ3v) is 7.45. The number of aromatic nitrogens is 3. The van der Waals surface area contributed by atoms with E-state index in [1.54, 1.807) is 31.5 Å². The molecule has 3 aliphatic rings. The number of aryl methyl sites for hydroxylation is 1. The highest BCUT2D eigenvalue weighted by atomic mass is 16.5. The average molecular weight is 640 g/mol. The first-order valence-corrected chi connectivity index (χ1v) is 16.1. The maximum atomic E-state index is 11.8. The van der Waals surface area contributed by atoms with Crippen LogP contribution in [-0.2, 0) is 22.5 Å². The molecule has 3 aromatic rings. The largest absolute Gasteiger partial charge is 0.494 e. The number of piperidine rings is 1. The molecule has 0 spiro atoms. The minimum atomic E-state index is -0.905. The number of ether oxygens (including phenoxy) is 2. The van der Waals surface area contributed by atoms with Gasteiger partial charge in [0, 0.05) is 48.8 Å². The highest BCUT2D eigenvalue weighted by Crippen LogP contribution is 2.33. The van der Waals surface area contributed by atoms with Gasteiger partial charge in [-0.1, -0.05) is 26.0 Å². The van der Waals surface area contributed by atoms with Gasteiger partial charge < -0.3 is 35.3 Å². The number of nitrogens with two attached hydrogens (primary N) is 2. The number of aliphatic carboxylic acids is 1. The SMILES string of the molecule is CC.CC(C)(C)O.Cc1nc2cc3nn2c(c1CC(=O)O)N1CCC(C)(CC1)OCCCCOc1cccc(c1)/C(N)=C/N(N)C3. The number of hydrogen-bond donors (Lipinski definition) is 4. The van der Waals surface area contributed by atoms with Gasteiger partial charge in [0.05, 0.1) is 42.2 Å². The first kappa shape index (κ1) is 36.6. The predicted octanol–water partition coefficient (Wildman–Crippen LogP) is 4.65. The van der Waals surface area contributed by atoms with E-state index in [9.17, 15) is 9.90 Å². The van der Waals surface area contributed by atoms with Crippen molar-refractivity contribution in [1.29, 1.82) is 0 Å². The zero-order valence-corrected chi connectivity index (χ0v) is 28.5.